The fourth-order valence-corrected chi connectivity index (χ4v) is 6.96. The SMILES string of the molecule is CCOc1ccc(S(=O)(=O)N2CCC[C@@H](C(=O)N3CCN(Cc4ccc5c(c4)OCO5)CC3)C2)cc1Cl. The summed E-state index contributed by atoms with van der Waals surface area (Å²) in [6.07, 6.45) is 1.33. The highest BCUT2D eigenvalue weighted by Crippen LogP contribution is 2.33. The van der Waals surface area contributed by atoms with Crippen molar-refractivity contribution in [3.05, 3.63) is 47.0 Å². The predicted octanol–water partition coefficient (Wildman–Crippen LogP) is 3.21. The van der Waals surface area contributed by atoms with Gasteiger partial charge < -0.3 is 19.1 Å². The Morgan fingerprint density at radius 3 is 2.59 bits per heavy atom. The Balaban J connectivity index is 1.17. The molecule has 0 unspecified atom stereocenters. The first-order valence-corrected chi connectivity index (χ1v) is 14.5. The van der Waals surface area contributed by atoms with Gasteiger partial charge in [-0.25, -0.2) is 8.42 Å². The second-order valence-electron chi connectivity index (χ2n) is 9.52. The van der Waals surface area contributed by atoms with Crippen LogP contribution in [0, 0.1) is 5.92 Å². The molecule has 0 aromatic heterocycles. The standard InChI is InChI=1S/C26H32ClN3O6S/c1-2-34-23-8-6-21(15-22(23)27)37(32,33)30-9-3-4-20(17-30)26(31)29-12-10-28(11-13-29)16-19-5-7-24-25(14-19)36-18-35-24/h5-8,14-15,20H,2-4,9-13,16-18H2,1H3/t20-/m1/s1. The van der Waals surface area contributed by atoms with Gasteiger partial charge in [0.05, 0.1) is 22.4 Å². The maximum atomic E-state index is 13.3. The van der Waals surface area contributed by atoms with Crippen LogP contribution < -0.4 is 14.2 Å². The summed E-state index contributed by atoms with van der Waals surface area (Å²) in [4.78, 5) is 17.7. The summed E-state index contributed by atoms with van der Waals surface area (Å²) in [5, 5.41) is 0.256. The van der Waals surface area contributed by atoms with E-state index in [1.807, 2.05) is 30.0 Å². The smallest absolute Gasteiger partial charge is 0.243 e. The first kappa shape index (κ1) is 26.1. The molecule has 9 nitrogen and oxygen atoms in total. The van der Waals surface area contributed by atoms with Crippen LogP contribution in [-0.4, -0.2) is 81.1 Å². The van der Waals surface area contributed by atoms with Gasteiger partial charge in [0.25, 0.3) is 0 Å². The Bertz CT molecular complexity index is 1250. The van der Waals surface area contributed by atoms with E-state index in [-0.39, 0.29) is 35.1 Å². The van der Waals surface area contributed by atoms with E-state index in [1.54, 1.807) is 6.07 Å². The molecule has 0 saturated carbocycles. The number of rotatable bonds is 7. The zero-order valence-corrected chi connectivity index (χ0v) is 22.5. The van der Waals surface area contributed by atoms with Crippen LogP contribution in [0.3, 0.4) is 0 Å². The first-order valence-electron chi connectivity index (χ1n) is 12.7. The van der Waals surface area contributed by atoms with Gasteiger partial charge >= 0.3 is 0 Å². The minimum absolute atomic E-state index is 0.0346. The summed E-state index contributed by atoms with van der Waals surface area (Å²) in [6, 6.07) is 10.5. The van der Waals surface area contributed by atoms with E-state index in [4.69, 9.17) is 25.8 Å². The van der Waals surface area contributed by atoms with Crippen molar-refractivity contribution in [1.29, 1.82) is 0 Å². The van der Waals surface area contributed by atoms with Crippen LogP contribution in [0.1, 0.15) is 25.3 Å². The van der Waals surface area contributed by atoms with Gasteiger partial charge in [0, 0.05) is 45.8 Å². The molecule has 5 rings (SSSR count). The van der Waals surface area contributed by atoms with Crippen molar-refractivity contribution < 1.29 is 27.4 Å². The van der Waals surface area contributed by atoms with E-state index in [2.05, 4.69) is 4.90 Å². The van der Waals surface area contributed by atoms with Crippen LogP contribution in [0.5, 0.6) is 17.2 Å². The van der Waals surface area contributed by atoms with Gasteiger partial charge in [-0.2, -0.15) is 4.31 Å². The fourth-order valence-electron chi connectivity index (χ4n) is 5.11. The summed E-state index contributed by atoms with van der Waals surface area (Å²) < 4.78 is 44.3. The van der Waals surface area contributed by atoms with E-state index in [9.17, 15) is 13.2 Å². The Kier molecular flexibility index (Phi) is 7.80. The van der Waals surface area contributed by atoms with Crippen molar-refractivity contribution in [3.63, 3.8) is 0 Å². The molecule has 1 atom stereocenters. The molecule has 0 bridgehead atoms. The molecule has 0 radical (unpaired) electrons. The quantitative estimate of drug-likeness (QED) is 0.524. The van der Waals surface area contributed by atoms with Crippen LogP contribution in [0.25, 0.3) is 0 Å². The van der Waals surface area contributed by atoms with Crippen molar-refractivity contribution in [2.45, 2.75) is 31.2 Å². The molecule has 2 fully saturated rings. The van der Waals surface area contributed by atoms with E-state index in [0.717, 1.165) is 36.7 Å². The summed E-state index contributed by atoms with van der Waals surface area (Å²) >= 11 is 6.24. The molecule has 0 N–H and O–H groups in total. The number of piperidine rings is 1. The summed E-state index contributed by atoms with van der Waals surface area (Å²) in [5.74, 6) is 1.69. The molecule has 3 heterocycles. The lowest BCUT2D eigenvalue weighted by molar-refractivity contribution is -0.138. The van der Waals surface area contributed by atoms with Crippen molar-refractivity contribution in [3.8, 4) is 17.2 Å². The summed E-state index contributed by atoms with van der Waals surface area (Å²) in [6.45, 7) is 6.66. The summed E-state index contributed by atoms with van der Waals surface area (Å²) in [7, 11) is -3.77. The fraction of sp³-hybridized carbons (Fsp3) is 0.500. The highest BCUT2D eigenvalue weighted by atomic mass is 35.5. The normalized spacial score (nSPS) is 20.7. The van der Waals surface area contributed by atoms with Crippen molar-refractivity contribution in [1.82, 2.24) is 14.1 Å². The second kappa shape index (κ2) is 11.1. The number of hydrogen-bond acceptors (Lipinski definition) is 7. The monoisotopic (exact) mass is 549 g/mol. The van der Waals surface area contributed by atoms with Crippen LogP contribution in [0.15, 0.2) is 41.3 Å². The van der Waals surface area contributed by atoms with Gasteiger partial charge in [0.15, 0.2) is 11.5 Å². The summed E-state index contributed by atoms with van der Waals surface area (Å²) in [5.41, 5.74) is 1.14. The number of hydrogen-bond donors (Lipinski definition) is 0. The van der Waals surface area contributed by atoms with Crippen LogP contribution in [-0.2, 0) is 21.4 Å². The molecular weight excluding hydrogens is 518 g/mol. The topological polar surface area (TPSA) is 88.6 Å². The number of carbonyl (C=O) groups excluding carboxylic acids is 1. The molecule has 2 aromatic rings. The lowest BCUT2D eigenvalue weighted by Gasteiger charge is -2.38. The van der Waals surface area contributed by atoms with Crippen molar-refractivity contribution >= 4 is 27.5 Å². The molecule has 11 heteroatoms. The van der Waals surface area contributed by atoms with Crippen molar-refractivity contribution in [2.75, 3.05) is 52.7 Å². The number of halogens is 1. The molecule has 2 saturated heterocycles. The Morgan fingerprint density at radius 2 is 1.84 bits per heavy atom. The molecule has 0 spiro atoms. The van der Waals surface area contributed by atoms with Crippen molar-refractivity contribution in [2.24, 2.45) is 5.92 Å². The molecule has 3 aliphatic rings. The maximum Gasteiger partial charge on any atom is 0.243 e. The zero-order chi connectivity index (χ0) is 26.0. The second-order valence-corrected chi connectivity index (χ2v) is 11.9. The average Bonchev–Trinajstić information content (AvgIpc) is 3.38. The largest absolute Gasteiger partial charge is 0.492 e. The average molecular weight is 550 g/mol. The van der Waals surface area contributed by atoms with Crippen LogP contribution in [0.2, 0.25) is 5.02 Å². The number of fused-ring (bicyclic) bond motifs is 1. The van der Waals surface area contributed by atoms with Gasteiger partial charge in [0.2, 0.25) is 22.7 Å². The lowest BCUT2D eigenvalue weighted by Crippen LogP contribution is -2.52. The molecule has 2 aromatic carbocycles. The van der Waals surface area contributed by atoms with Crippen LogP contribution in [0.4, 0.5) is 0 Å². The van der Waals surface area contributed by atoms with E-state index < -0.39 is 10.0 Å². The Hall–Kier alpha value is -2.53. The van der Waals surface area contributed by atoms with E-state index in [0.29, 0.717) is 44.8 Å². The number of nitrogens with zero attached hydrogens (tertiary/aromatic N) is 3. The van der Waals surface area contributed by atoms with E-state index >= 15 is 0 Å². The zero-order valence-electron chi connectivity index (χ0n) is 20.9. The number of piperazine rings is 1. The van der Waals surface area contributed by atoms with Gasteiger partial charge in [-0.05, 0) is 55.7 Å². The molecular formula is C26H32ClN3O6S. The molecule has 200 valence electrons. The Labute approximate surface area is 222 Å². The van der Waals surface area contributed by atoms with Gasteiger partial charge in [-0.3, -0.25) is 9.69 Å². The maximum absolute atomic E-state index is 13.3. The molecule has 37 heavy (non-hydrogen) atoms. The number of ether oxygens (including phenoxy) is 3. The first-order chi connectivity index (χ1) is 17.8. The third-order valence-electron chi connectivity index (χ3n) is 7.10. The van der Waals surface area contributed by atoms with E-state index in [1.165, 1.54) is 16.4 Å². The third kappa shape index (κ3) is 5.67. The van der Waals surface area contributed by atoms with Gasteiger partial charge in [-0.15, -0.1) is 0 Å². The number of amides is 1. The molecule has 0 aliphatic carbocycles. The lowest BCUT2D eigenvalue weighted by atomic mass is 9.97. The minimum Gasteiger partial charge on any atom is -0.492 e. The molecule has 3 aliphatic heterocycles. The predicted molar refractivity (Wildman–Crippen MR) is 139 cm³/mol. The minimum atomic E-state index is -3.77. The highest BCUT2D eigenvalue weighted by molar-refractivity contribution is 7.89. The number of sulfonamides is 1. The Morgan fingerprint density at radius 1 is 1.05 bits per heavy atom. The highest BCUT2D eigenvalue weighted by Gasteiger charge is 2.36. The van der Waals surface area contributed by atoms with Crippen LogP contribution >= 0.6 is 11.6 Å². The number of carbonyl (C=O) groups is 1. The van der Waals surface area contributed by atoms with Gasteiger partial charge in [-0.1, -0.05) is 17.7 Å². The molecule has 1 amide bonds. The van der Waals surface area contributed by atoms with Gasteiger partial charge in [0.1, 0.15) is 5.75 Å². The number of benzene rings is 2. The third-order valence-corrected chi connectivity index (χ3v) is 9.26.